The quantitative estimate of drug-likeness (QED) is 0.624. The first-order valence-corrected chi connectivity index (χ1v) is 6.40. The number of nitrogens with one attached hydrogen (secondary N) is 1. The van der Waals surface area contributed by atoms with Crippen molar-refractivity contribution >= 4 is 23.8 Å². The van der Waals surface area contributed by atoms with Crippen molar-refractivity contribution in [3.8, 4) is 0 Å². The summed E-state index contributed by atoms with van der Waals surface area (Å²) in [7, 11) is 0. The van der Waals surface area contributed by atoms with E-state index in [1.54, 1.807) is 0 Å². The van der Waals surface area contributed by atoms with Crippen LogP contribution in [0.1, 0.15) is 26.7 Å². The molecule has 2 rings (SSSR count). The van der Waals surface area contributed by atoms with Crippen LogP contribution in [0.25, 0.3) is 0 Å². The summed E-state index contributed by atoms with van der Waals surface area (Å²) in [6.07, 6.45) is 0.979. The molecule has 8 heteroatoms. The smallest absolute Gasteiger partial charge is 0.326 e. The van der Waals surface area contributed by atoms with Crippen LogP contribution >= 0.6 is 0 Å². The van der Waals surface area contributed by atoms with E-state index in [2.05, 4.69) is 5.32 Å². The Balaban J connectivity index is 2.25. The molecule has 0 aromatic carbocycles. The van der Waals surface area contributed by atoms with Crippen LogP contribution in [0.5, 0.6) is 0 Å². The number of urea groups is 1. The van der Waals surface area contributed by atoms with Gasteiger partial charge in [0.25, 0.3) is 5.91 Å². The van der Waals surface area contributed by atoms with Crippen LogP contribution in [0.3, 0.4) is 0 Å². The Morgan fingerprint density at radius 3 is 2.60 bits per heavy atom. The Labute approximate surface area is 115 Å². The Bertz CT molecular complexity index is 487. The third-order valence-electron chi connectivity index (χ3n) is 3.80. The summed E-state index contributed by atoms with van der Waals surface area (Å²) in [5, 5.41) is 11.3. The van der Waals surface area contributed by atoms with E-state index in [1.807, 2.05) is 0 Å². The van der Waals surface area contributed by atoms with Crippen LogP contribution < -0.4 is 5.32 Å². The third kappa shape index (κ3) is 2.21. The highest BCUT2D eigenvalue weighted by atomic mass is 16.4. The van der Waals surface area contributed by atoms with E-state index in [-0.39, 0.29) is 6.54 Å². The fraction of sp³-hybridized carbons (Fsp3) is 0.667. The molecule has 110 valence electrons. The zero-order chi connectivity index (χ0) is 15.1. The van der Waals surface area contributed by atoms with E-state index in [0.717, 1.165) is 4.90 Å². The van der Waals surface area contributed by atoms with Gasteiger partial charge < -0.3 is 14.9 Å². The number of nitrogens with zero attached hydrogens (tertiary/aromatic N) is 2. The first-order valence-electron chi connectivity index (χ1n) is 6.40. The molecule has 0 aliphatic carbocycles. The van der Waals surface area contributed by atoms with Crippen molar-refractivity contribution in [1.82, 2.24) is 15.1 Å². The lowest BCUT2D eigenvalue weighted by atomic mass is 9.99. The molecule has 0 saturated carbocycles. The van der Waals surface area contributed by atoms with Crippen LogP contribution in [0.15, 0.2) is 0 Å². The van der Waals surface area contributed by atoms with Gasteiger partial charge >= 0.3 is 12.0 Å². The second-order valence-electron chi connectivity index (χ2n) is 5.49. The minimum absolute atomic E-state index is 0.250. The van der Waals surface area contributed by atoms with Crippen LogP contribution in [-0.2, 0) is 14.4 Å². The lowest BCUT2D eigenvalue weighted by Crippen LogP contribution is -2.67. The summed E-state index contributed by atoms with van der Waals surface area (Å²) in [5.74, 6) is -2.19. The van der Waals surface area contributed by atoms with Crippen molar-refractivity contribution in [2.75, 3.05) is 13.1 Å². The normalized spacial score (nSPS) is 25.6. The number of hydrogen-bond donors (Lipinski definition) is 2. The van der Waals surface area contributed by atoms with E-state index in [4.69, 9.17) is 5.11 Å². The number of amides is 4. The summed E-state index contributed by atoms with van der Waals surface area (Å²) in [5.41, 5.74) is -1.18. The van der Waals surface area contributed by atoms with Gasteiger partial charge in [-0.15, -0.1) is 0 Å². The lowest BCUT2D eigenvalue weighted by molar-refractivity contribution is -0.143. The second-order valence-corrected chi connectivity index (χ2v) is 5.49. The van der Waals surface area contributed by atoms with E-state index in [0.29, 0.717) is 19.4 Å². The van der Waals surface area contributed by atoms with E-state index < -0.39 is 35.4 Å². The van der Waals surface area contributed by atoms with E-state index in [1.165, 1.54) is 18.7 Å². The number of carbonyl (C=O) groups is 4. The van der Waals surface area contributed by atoms with Crippen LogP contribution in [-0.4, -0.2) is 63.4 Å². The summed E-state index contributed by atoms with van der Waals surface area (Å²) in [6, 6.07) is -1.47. The van der Waals surface area contributed by atoms with Crippen molar-refractivity contribution in [2.45, 2.75) is 38.3 Å². The molecule has 2 fully saturated rings. The minimum Gasteiger partial charge on any atom is -0.480 e. The Morgan fingerprint density at radius 1 is 1.35 bits per heavy atom. The first-order chi connectivity index (χ1) is 9.25. The molecule has 20 heavy (non-hydrogen) atoms. The molecule has 8 nitrogen and oxygen atoms in total. The minimum atomic E-state index is -1.18. The molecule has 2 aliphatic heterocycles. The molecule has 0 bridgehead atoms. The van der Waals surface area contributed by atoms with Crippen molar-refractivity contribution in [2.24, 2.45) is 0 Å². The SMILES string of the molecule is CC1(C)C(=O)NC(=O)CN1C(=O)N1CCC[C@@H]1C(=O)O. The number of rotatable bonds is 1. The molecule has 1 atom stereocenters. The molecule has 0 spiro atoms. The van der Waals surface area contributed by atoms with Gasteiger partial charge in [0.1, 0.15) is 18.1 Å². The zero-order valence-electron chi connectivity index (χ0n) is 11.4. The molecular weight excluding hydrogens is 266 g/mol. The molecule has 0 radical (unpaired) electrons. The fourth-order valence-electron chi connectivity index (χ4n) is 2.50. The summed E-state index contributed by atoms with van der Waals surface area (Å²) in [6.45, 7) is 3.12. The average Bonchev–Trinajstić information content (AvgIpc) is 2.82. The highest BCUT2D eigenvalue weighted by molar-refractivity contribution is 6.06. The summed E-state index contributed by atoms with van der Waals surface area (Å²) < 4.78 is 0. The molecular formula is C12H17N3O5. The Hall–Kier alpha value is -2.12. The standard InChI is InChI=1S/C12H17N3O5/c1-12(2)10(19)13-8(16)6-15(12)11(20)14-5-3-4-7(14)9(17)18/h7H,3-6H2,1-2H3,(H,17,18)(H,13,16,19)/t7-/m1/s1. The summed E-state index contributed by atoms with van der Waals surface area (Å²) in [4.78, 5) is 49.2. The van der Waals surface area contributed by atoms with E-state index in [9.17, 15) is 19.2 Å². The maximum Gasteiger partial charge on any atom is 0.326 e. The van der Waals surface area contributed by atoms with Gasteiger partial charge in [-0.3, -0.25) is 14.9 Å². The van der Waals surface area contributed by atoms with Gasteiger partial charge in [-0.1, -0.05) is 0 Å². The first kappa shape index (κ1) is 14.3. The predicted molar refractivity (Wildman–Crippen MR) is 66.7 cm³/mol. The number of carboxylic acid groups (broad SMARTS) is 1. The number of likely N-dealkylation sites (tertiary alicyclic amines) is 1. The van der Waals surface area contributed by atoms with Crippen LogP contribution in [0, 0.1) is 0 Å². The van der Waals surface area contributed by atoms with Gasteiger partial charge in [-0.2, -0.15) is 0 Å². The lowest BCUT2D eigenvalue weighted by Gasteiger charge is -2.42. The van der Waals surface area contributed by atoms with Gasteiger partial charge in [-0.25, -0.2) is 9.59 Å². The molecule has 0 aromatic rings. The Kier molecular flexibility index (Phi) is 3.41. The maximum absolute atomic E-state index is 12.5. The van der Waals surface area contributed by atoms with Gasteiger partial charge in [0.05, 0.1) is 0 Å². The fourth-order valence-corrected chi connectivity index (χ4v) is 2.50. The number of piperazine rings is 1. The molecule has 2 saturated heterocycles. The topological polar surface area (TPSA) is 107 Å². The number of carboxylic acids is 1. The van der Waals surface area contributed by atoms with Crippen molar-refractivity contribution < 1.29 is 24.3 Å². The second kappa shape index (κ2) is 4.77. The molecule has 0 aromatic heterocycles. The zero-order valence-corrected chi connectivity index (χ0v) is 11.4. The van der Waals surface area contributed by atoms with Crippen molar-refractivity contribution in [3.63, 3.8) is 0 Å². The van der Waals surface area contributed by atoms with Crippen molar-refractivity contribution in [3.05, 3.63) is 0 Å². The van der Waals surface area contributed by atoms with Crippen LogP contribution in [0.2, 0.25) is 0 Å². The van der Waals surface area contributed by atoms with E-state index >= 15 is 0 Å². The molecule has 2 N–H and O–H groups in total. The van der Waals surface area contributed by atoms with Gasteiger partial charge in [0.2, 0.25) is 5.91 Å². The number of carbonyl (C=O) groups excluding carboxylic acids is 3. The predicted octanol–water partition coefficient (Wildman–Crippen LogP) is -0.608. The maximum atomic E-state index is 12.5. The van der Waals surface area contributed by atoms with Gasteiger partial charge in [0.15, 0.2) is 0 Å². The number of aliphatic carboxylic acids is 1. The third-order valence-corrected chi connectivity index (χ3v) is 3.80. The summed E-state index contributed by atoms with van der Waals surface area (Å²) >= 11 is 0. The molecule has 2 aliphatic rings. The number of hydrogen-bond acceptors (Lipinski definition) is 4. The van der Waals surface area contributed by atoms with Crippen LogP contribution in [0.4, 0.5) is 4.79 Å². The average molecular weight is 283 g/mol. The van der Waals surface area contributed by atoms with Gasteiger partial charge in [0, 0.05) is 6.54 Å². The highest BCUT2D eigenvalue weighted by Crippen LogP contribution is 2.25. The molecule has 2 heterocycles. The highest BCUT2D eigenvalue weighted by Gasteiger charge is 2.47. The molecule has 4 amide bonds. The monoisotopic (exact) mass is 283 g/mol. The van der Waals surface area contributed by atoms with Gasteiger partial charge in [-0.05, 0) is 26.7 Å². The number of imide groups is 1. The van der Waals surface area contributed by atoms with Crippen molar-refractivity contribution in [1.29, 1.82) is 0 Å². The largest absolute Gasteiger partial charge is 0.480 e. The molecule has 0 unspecified atom stereocenters. The Morgan fingerprint density at radius 2 is 2.00 bits per heavy atom.